The topological polar surface area (TPSA) is 67.9 Å². The zero-order chi connectivity index (χ0) is 23.7. The van der Waals surface area contributed by atoms with E-state index in [1.54, 1.807) is 30.3 Å². The molecule has 8 heteroatoms. The number of hydrogen-bond donors (Lipinski definition) is 1. The second-order valence-corrected chi connectivity index (χ2v) is 7.35. The van der Waals surface area contributed by atoms with E-state index in [0.717, 1.165) is 22.6 Å². The van der Waals surface area contributed by atoms with E-state index in [2.05, 4.69) is 5.32 Å². The Balaban J connectivity index is 1.86. The molecule has 1 heterocycles. The molecule has 0 atom stereocenters. The van der Waals surface area contributed by atoms with Gasteiger partial charge in [-0.1, -0.05) is 29.8 Å². The highest BCUT2D eigenvalue weighted by atomic mass is 19.2. The lowest BCUT2D eigenvalue weighted by molar-refractivity contribution is -0.120. The van der Waals surface area contributed by atoms with Crippen molar-refractivity contribution < 1.29 is 27.8 Å². The molecule has 33 heavy (non-hydrogen) atoms. The van der Waals surface area contributed by atoms with Crippen LogP contribution in [0.15, 0.2) is 66.4 Å². The summed E-state index contributed by atoms with van der Waals surface area (Å²) in [6.07, 6.45) is 0. The van der Waals surface area contributed by atoms with Gasteiger partial charge in [0.15, 0.2) is 11.6 Å². The Hall–Kier alpha value is -4.20. The van der Waals surface area contributed by atoms with Gasteiger partial charge in [-0.05, 0) is 36.8 Å². The van der Waals surface area contributed by atoms with Gasteiger partial charge in [-0.15, -0.1) is 0 Å². The Labute approximate surface area is 189 Å². The second-order valence-electron chi connectivity index (χ2n) is 7.35. The van der Waals surface area contributed by atoms with Gasteiger partial charge in [-0.25, -0.2) is 13.7 Å². The molecule has 0 aliphatic carbocycles. The summed E-state index contributed by atoms with van der Waals surface area (Å²) in [6, 6.07) is 14.9. The predicted octanol–water partition coefficient (Wildman–Crippen LogP) is 4.69. The Kier molecular flexibility index (Phi) is 5.83. The molecule has 0 unspecified atom stereocenters. The van der Waals surface area contributed by atoms with Crippen molar-refractivity contribution in [3.63, 3.8) is 0 Å². The lowest BCUT2D eigenvalue weighted by Crippen LogP contribution is -2.32. The molecule has 0 spiro atoms. The first-order chi connectivity index (χ1) is 15.8. The Morgan fingerprint density at radius 3 is 2.18 bits per heavy atom. The average molecular weight is 450 g/mol. The minimum Gasteiger partial charge on any atom is -0.497 e. The van der Waals surface area contributed by atoms with Crippen molar-refractivity contribution in [2.24, 2.45) is 0 Å². The number of anilines is 2. The molecule has 3 aromatic carbocycles. The molecule has 168 valence electrons. The van der Waals surface area contributed by atoms with E-state index in [1.165, 1.54) is 20.3 Å². The summed E-state index contributed by atoms with van der Waals surface area (Å²) in [6.45, 7) is 1.90. The van der Waals surface area contributed by atoms with Crippen LogP contribution in [-0.4, -0.2) is 26.0 Å². The molecular weight excluding hydrogens is 430 g/mol. The molecule has 1 aliphatic heterocycles. The summed E-state index contributed by atoms with van der Waals surface area (Å²) in [7, 11) is 2.97. The number of methoxy groups -OCH3 is 2. The first kappa shape index (κ1) is 22.0. The maximum Gasteiger partial charge on any atom is 0.282 e. The van der Waals surface area contributed by atoms with Gasteiger partial charge < -0.3 is 14.8 Å². The summed E-state index contributed by atoms with van der Waals surface area (Å²) in [5, 5.41) is 3.00. The molecule has 2 amide bonds. The third kappa shape index (κ3) is 4.03. The van der Waals surface area contributed by atoms with Crippen LogP contribution in [0.25, 0.3) is 5.57 Å². The van der Waals surface area contributed by atoms with Crippen LogP contribution in [0.5, 0.6) is 11.5 Å². The zero-order valence-corrected chi connectivity index (χ0v) is 18.1. The summed E-state index contributed by atoms with van der Waals surface area (Å²) < 4.78 is 38.0. The number of ether oxygens (including phenoxy) is 2. The molecule has 0 saturated carbocycles. The first-order valence-corrected chi connectivity index (χ1v) is 9.98. The van der Waals surface area contributed by atoms with Crippen LogP contribution in [0.2, 0.25) is 0 Å². The van der Waals surface area contributed by atoms with Crippen LogP contribution < -0.4 is 19.7 Å². The van der Waals surface area contributed by atoms with E-state index in [9.17, 15) is 18.4 Å². The van der Waals surface area contributed by atoms with Crippen molar-refractivity contribution in [3.8, 4) is 11.5 Å². The number of imide groups is 1. The van der Waals surface area contributed by atoms with Crippen LogP contribution in [0.1, 0.15) is 11.1 Å². The lowest BCUT2D eigenvalue weighted by Gasteiger charge is -2.16. The maximum atomic E-state index is 13.9. The lowest BCUT2D eigenvalue weighted by atomic mass is 10.0. The van der Waals surface area contributed by atoms with E-state index >= 15 is 0 Å². The van der Waals surface area contributed by atoms with E-state index in [1.807, 2.05) is 19.1 Å². The molecule has 0 radical (unpaired) electrons. The van der Waals surface area contributed by atoms with Crippen molar-refractivity contribution in [1.82, 2.24) is 0 Å². The van der Waals surface area contributed by atoms with Crippen LogP contribution in [-0.2, 0) is 9.59 Å². The summed E-state index contributed by atoms with van der Waals surface area (Å²) in [4.78, 5) is 27.6. The molecule has 0 bridgehead atoms. The van der Waals surface area contributed by atoms with Gasteiger partial charge in [-0.3, -0.25) is 9.59 Å². The highest BCUT2D eigenvalue weighted by Crippen LogP contribution is 2.37. The Bertz CT molecular complexity index is 1290. The minimum atomic E-state index is -1.17. The Morgan fingerprint density at radius 2 is 1.55 bits per heavy atom. The third-order valence-corrected chi connectivity index (χ3v) is 5.25. The molecule has 3 aromatic rings. The van der Waals surface area contributed by atoms with Gasteiger partial charge in [0.05, 0.1) is 31.2 Å². The summed E-state index contributed by atoms with van der Waals surface area (Å²) >= 11 is 0. The van der Waals surface area contributed by atoms with E-state index in [0.29, 0.717) is 22.7 Å². The number of carbonyl (C=O) groups is 2. The molecule has 6 nitrogen and oxygen atoms in total. The van der Waals surface area contributed by atoms with Gasteiger partial charge in [0.2, 0.25) is 0 Å². The molecular formula is C25H20F2N2O4. The van der Waals surface area contributed by atoms with E-state index < -0.39 is 23.4 Å². The smallest absolute Gasteiger partial charge is 0.282 e. The number of nitrogens with zero attached hydrogens (tertiary/aromatic N) is 1. The predicted molar refractivity (Wildman–Crippen MR) is 120 cm³/mol. The minimum absolute atomic E-state index is 0.0276. The number of rotatable bonds is 6. The van der Waals surface area contributed by atoms with Crippen LogP contribution in [0, 0.1) is 18.6 Å². The number of carbonyl (C=O) groups excluding carboxylic acids is 2. The fraction of sp³-hybridized carbons (Fsp3) is 0.120. The molecule has 0 aromatic heterocycles. The van der Waals surface area contributed by atoms with Gasteiger partial charge in [0, 0.05) is 12.1 Å². The van der Waals surface area contributed by atoms with Crippen LogP contribution in [0.3, 0.4) is 0 Å². The van der Waals surface area contributed by atoms with Gasteiger partial charge in [-0.2, -0.15) is 0 Å². The van der Waals surface area contributed by atoms with Gasteiger partial charge in [0.25, 0.3) is 11.8 Å². The quantitative estimate of drug-likeness (QED) is 0.552. The molecule has 0 fully saturated rings. The van der Waals surface area contributed by atoms with Gasteiger partial charge in [0.1, 0.15) is 17.2 Å². The average Bonchev–Trinajstić information content (AvgIpc) is 3.05. The fourth-order valence-electron chi connectivity index (χ4n) is 3.54. The normalized spacial score (nSPS) is 13.5. The van der Waals surface area contributed by atoms with Crippen molar-refractivity contribution >= 4 is 28.8 Å². The summed E-state index contributed by atoms with van der Waals surface area (Å²) in [5.41, 5.74) is 1.84. The van der Waals surface area contributed by atoms with Crippen LogP contribution >= 0.6 is 0 Å². The number of hydrogen-bond acceptors (Lipinski definition) is 5. The van der Waals surface area contributed by atoms with Crippen molar-refractivity contribution in [2.45, 2.75) is 6.92 Å². The Morgan fingerprint density at radius 1 is 0.818 bits per heavy atom. The maximum absolute atomic E-state index is 13.9. The third-order valence-electron chi connectivity index (χ3n) is 5.25. The highest BCUT2D eigenvalue weighted by Gasteiger charge is 2.40. The number of halogens is 2. The first-order valence-electron chi connectivity index (χ1n) is 9.98. The standard InChI is InChI=1S/C25H20F2N2O4/c1-14-4-6-15(7-5-14)22-23(28-20-13-17(32-2)9-11-21(20)33-3)25(31)29(24(22)30)16-8-10-18(26)19(27)12-16/h4-13,28H,1-3H3. The van der Waals surface area contributed by atoms with E-state index in [4.69, 9.17) is 9.47 Å². The van der Waals surface area contributed by atoms with E-state index in [-0.39, 0.29) is 17.0 Å². The summed E-state index contributed by atoms with van der Waals surface area (Å²) in [5.74, 6) is -2.71. The van der Waals surface area contributed by atoms with Crippen LogP contribution in [0.4, 0.5) is 20.2 Å². The van der Waals surface area contributed by atoms with Crippen molar-refractivity contribution in [2.75, 3.05) is 24.4 Å². The fourth-order valence-corrected chi connectivity index (χ4v) is 3.54. The molecule has 4 rings (SSSR count). The molecule has 0 saturated heterocycles. The SMILES string of the molecule is COc1ccc(OC)c(NC2=C(c3ccc(C)cc3)C(=O)N(c3ccc(F)c(F)c3)C2=O)c1. The van der Waals surface area contributed by atoms with Crippen molar-refractivity contribution in [1.29, 1.82) is 0 Å². The highest BCUT2D eigenvalue weighted by molar-refractivity contribution is 6.46. The number of amides is 2. The number of nitrogens with one attached hydrogen (secondary N) is 1. The largest absolute Gasteiger partial charge is 0.497 e. The second kappa shape index (κ2) is 8.74. The monoisotopic (exact) mass is 450 g/mol. The molecule has 1 aliphatic rings. The molecule has 1 N–H and O–H groups in total. The number of benzene rings is 3. The van der Waals surface area contributed by atoms with Gasteiger partial charge >= 0.3 is 0 Å². The zero-order valence-electron chi connectivity index (χ0n) is 18.1. The number of aryl methyl sites for hydroxylation is 1. The van der Waals surface area contributed by atoms with Crippen molar-refractivity contribution in [3.05, 3.63) is 89.1 Å².